The summed E-state index contributed by atoms with van der Waals surface area (Å²) in [6, 6.07) is -0.0277. The SMILES string of the molecule is CCC(C)(C)COCC(C)(C)OC1OCCC[C@H]1N. The Kier molecular flexibility index (Phi) is 6.24. The second-order valence-electron chi connectivity index (χ2n) is 6.93. The highest BCUT2D eigenvalue weighted by Crippen LogP contribution is 2.23. The van der Waals surface area contributed by atoms with Crippen molar-refractivity contribution in [1.29, 1.82) is 0 Å². The highest BCUT2D eigenvalue weighted by Gasteiger charge is 2.31. The molecule has 1 aliphatic heterocycles. The molecule has 19 heavy (non-hydrogen) atoms. The van der Waals surface area contributed by atoms with Crippen LogP contribution in [-0.4, -0.2) is 37.8 Å². The van der Waals surface area contributed by atoms with Crippen molar-refractivity contribution >= 4 is 0 Å². The molecule has 1 saturated heterocycles. The van der Waals surface area contributed by atoms with Crippen LogP contribution in [0.2, 0.25) is 0 Å². The summed E-state index contributed by atoms with van der Waals surface area (Å²) in [4.78, 5) is 0. The molecule has 1 unspecified atom stereocenters. The molecule has 2 N–H and O–H groups in total. The van der Waals surface area contributed by atoms with Gasteiger partial charge in [-0.15, -0.1) is 0 Å². The zero-order valence-corrected chi connectivity index (χ0v) is 13.2. The molecular weight excluding hydrogens is 242 g/mol. The zero-order valence-electron chi connectivity index (χ0n) is 13.2. The van der Waals surface area contributed by atoms with E-state index in [4.69, 9.17) is 19.9 Å². The fourth-order valence-electron chi connectivity index (χ4n) is 1.92. The molecule has 0 saturated carbocycles. The minimum atomic E-state index is -0.372. The Bertz CT molecular complexity index is 266. The van der Waals surface area contributed by atoms with Gasteiger partial charge in [-0.2, -0.15) is 0 Å². The number of nitrogens with two attached hydrogens (primary N) is 1. The summed E-state index contributed by atoms with van der Waals surface area (Å²) in [6.07, 6.45) is 2.78. The molecule has 0 amide bonds. The minimum Gasteiger partial charge on any atom is -0.378 e. The van der Waals surface area contributed by atoms with Gasteiger partial charge in [0.1, 0.15) is 0 Å². The average molecular weight is 273 g/mol. The first-order valence-electron chi connectivity index (χ1n) is 7.38. The zero-order chi connectivity index (χ0) is 14.5. The number of rotatable bonds is 7. The molecule has 1 fully saturated rings. The Morgan fingerprint density at radius 3 is 2.47 bits per heavy atom. The molecule has 4 heteroatoms. The molecule has 0 aromatic heterocycles. The third-order valence-electron chi connectivity index (χ3n) is 3.65. The van der Waals surface area contributed by atoms with Gasteiger partial charge in [0, 0.05) is 6.61 Å². The topological polar surface area (TPSA) is 53.7 Å². The molecular formula is C15H31NO3. The van der Waals surface area contributed by atoms with Gasteiger partial charge in [-0.05, 0) is 38.5 Å². The maximum Gasteiger partial charge on any atom is 0.173 e. The minimum absolute atomic E-state index is 0.0277. The molecule has 1 aliphatic rings. The second-order valence-corrected chi connectivity index (χ2v) is 6.93. The van der Waals surface area contributed by atoms with Gasteiger partial charge in [-0.1, -0.05) is 20.8 Å². The van der Waals surface area contributed by atoms with Crippen molar-refractivity contribution < 1.29 is 14.2 Å². The standard InChI is InChI=1S/C15H31NO3/c1-6-14(2,3)10-17-11-15(4,5)19-13-12(16)8-7-9-18-13/h12-13H,6-11,16H2,1-5H3/t12-,13?/m1/s1. The maximum absolute atomic E-state index is 6.01. The lowest BCUT2D eigenvalue weighted by Crippen LogP contribution is -2.48. The van der Waals surface area contributed by atoms with Gasteiger partial charge >= 0.3 is 0 Å². The van der Waals surface area contributed by atoms with Gasteiger partial charge in [0.2, 0.25) is 0 Å². The van der Waals surface area contributed by atoms with E-state index in [1.165, 1.54) is 0 Å². The average Bonchev–Trinajstić information content (AvgIpc) is 2.31. The van der Waals surface area contributed by atoms with Gasteiger partial charge in [0.15, 0.2) is 6.29 Å². The van der Waals surface area contributed by atoms with Crippen LogP contribution in [0.15, 0.2) is 0 Å². The summed E-state index contributed by atoms with van der Waals surface area (Å²) in [7, 11) is 0. The Morgan fingerprint density at radius 2 is 1.89 bits per heavy atom. The van der Waals surface area contributed by atoms with Crippen molar-refractivity contribution in [3.63, 3.8) is 0 Å². The Hall–Kier alpha value is -0.160. The summed E-state index contributed by atoms with van der Waals surface area (Å²) in [5, 5.41) is 0. The largest absolute Gasteiger partial charge is 0.378 e. The third kappa shape index (κ3) is 6.21. The summed E-state index contributed by atoms with van der Waals surface area (Å²) in [6.45, 7) is 12.7. The number of hydrogen-bond donors (Lipinski definition) is 1. The molecule has 1 rings (SSSR count). The normalized spacial score (nSPS) is 25.6. The van der Waals surface area contributed by atoms with E-state index in [2.05, 4.69) is 20.8 Å². The fourth-order valence-corrected chi connectivity index (χ4v) is 1.92. The number of hydrogen-bond acceptors (Lipinski definition) is 4. The van der Waals surface area contributed by atoms with E-state index in [-0.39, 0.29) is 23.3 Å². The summed E-state index contributed by atoms with van der Waals surface area (Å²) in [5.41, 5.74) is 5.86. The van der Waals surface area contributed by atoms with Gasteiger partial charge in [0.25, 0.3) is 0 Å². The second kappa shape index (κ2) is 7.02. The van der Waals surface area contributed by atoms with Crippen LogP contribution >= 0.6 is 0 Å². The lowest BCUT2D eigenvalue weighted by molar-refractivity contribution is -0.235. The quantitative estimate of drug-likeness (QED) is 0.775. The lowest BCUT2D eigenvalue weighted by Gasteiger charge is -2.36. The van der Waals surface area contributed by atoms with Crippen molar-refractivity contribution in [2.45, 2.75) is 71.8 Å². The van der Waals surface area contributed by atoms with E-state index < -0.39 is 0 Å². The van der Waals surface area contributed by atoms with E-state index >= 15 is 0 Å². The Balaban J connectivity index is 2.34. The van der Waals surface area contributed by atoms with Crippen LogP contribution in [-0.2, 0) is 14.2 Å². The highest BCUT2D eigenvalue weighted by atomic mass is 16.7. The number of ether oxygens (including phenoxy) is 3. The van der Waals surface area contributed by atoms with Crippen molar-refractivity contribution in [2.75, 3.05) is 19.8 Å². The smallest absolute Gasteiger partial charge is 0.173 e. The fraction of sp³-hybridized carbons (Fsp3) is 1.00. The molecule has 114 valence electrons. The molecule has 1 heterocycles. The van der Waals surface area contributed by atoms with Crippen molar-refractivity contribution in [2.24, 2.45) is 11.1 Å². The van der Waals surface area contributed by atoms with E-state index in [9.17, 15) is 0 Å². The van der Waals surface area contributed by atoms with Crippen LogP contribution in [0.1, 0.15) is 53.9 Å². The molecule has 2 atom stereocenters. The van der Waals surface area contributed by atoms with Crippen LogP contribution in [0, 0.1) is 5.41 Å². The monoisotopic (exact) mass is 273 g/mol. The molecule has 0 spiro atoms. The van der Waals surface area contributed by atoms with Crippen LogP contribution in [0.3, 0.4) is 0 Å². The molecule has 0 aliphatic carbocycles. The predicted molar refractivity (Wildman–Crippen MR) is 77.0 cm³/mol. The van der Waals surface area contributed by atoms with Gasteiger partial charge in [0.05, 0.1) is 24.9 Å². The molecule has 0 radical (unpaired) electrons. The summed E-state index contributed by atoms with van der Waals surface area (Å²) < 4.78 is 17.4. The molecule has 0 aromatic rings. The lowest BCUT2D eigenvalue weighted by atomic mass is 9.92. The Labute approximate surface area is 118 Å². The summed E-state index contributed by atoms with van der Waals surface area (Å²) in [5.74, 6) is 0. The van der Waals surface area contributed by atoms with Crippen molar-refractivity contribution in [3.8, 4) is 0 Å². The first kappa shape index (κ1) is 16.9. The van der Waals surface area contributed by atoms with E-state index in [0.29, 0.717) is 6.61 Å². The van der Waals surface area contributed by atoms with Gasteiger partial charge in [-0.3, -0.25) is 0 Å². The predicted octanol–water partition coefficient (Wildman–Crippen LogP) is 2.70. The van der Waals surface area contributed by atoms with E-state index in [1.807, 2.05) is 13.8 Å². The van der Waals surface area contributed by atoms with Crippen LogP contribution < -0.4 is 5.73 Å². The van der Waals surface area contributed by atoms with Crippen LogP contribution in [0.4, 0.5) is 0 Å². The maximum atomic E-state index is 6.01. The van der Waals surface area contributed by atoms with Crippen LogP contribution in [0.5, 0.6) is 0 Å². The van der Waals surface area contributed by atoms with Crippen molar-refractivity contribution in [3.05, 3.63) is 0 Å². The first-order valence-corrected chi connectivity index (χ1v) is 7.38. The van der Waals surface area contributed by atoms with Gasteiger partial charge in [-0.25, -0.2) is 0 Å². The molecule has 0 aromatic carbocycles. The summed E-state index contributed by atoms with van der Waals surface area (Å²) >= 11 is 0. The van der Waals surface area contributed by atoms with Crippen molar-refractivity contribution in [1.82, 2.24) is 0 Å². The van der Waals surface area contributed by atoms with Crippen LogP contribution in [0.25, 0.3) is 0 Å². The van der Waals surface area contributed by atoms with E-state index in [0.717, 1.165) is 32.5 Å². The molecule has 4 nitrogen and oxygen atoms in total. The third-order valence-corrected chi connectivity index (χ3v) is 3.65. The van der Waals surface area contributed by atoms with Gasteiger partial charge < -0.3 is 19.9 Å². The molecule has 0 bridgehead atoms. The van der Waals surface area contributed by atoms with E-state index in [1.54, 1.807) is 0 Å². The highest BCUT2D eigenvalue weighted by molar-refractivity contribution is 4.76. The first-order chi connectivity index (χ1) is 8.76. The Morgan fingerprint density at radius 1 is 1.21 bits per heavy atom.